The van der Waals surface area contributed by atoms with E-state index in [2.05, 4.69) is 33.0 Å². The van der Waals surface area contributed by atoms with Gasteiger partial charge in [0.1, 0.15) is 0 Å². The molecular weight excluding hydrogens is 292 g/mol. The molecule has 3 nitrogen and oxygen atoms in total. The van der Waals surface area contributed by atoms with Crippen LogP contribution in [0.2, 0.25) is 0 Å². The molecule has 1 aromatic carbocycles. The first-order valence-corrected chi connectivity index (χ1v) is 7.41. The maximum Gasteiger partial charge on any atom is 0.0431 e. The molecule has 0 spiro atoms. The predicted octanol–water partition coefficient (Wildman–Crippen LogP) is 2.65. The standard InChI is InChI=1S/C14H21BrN2O/c15-12-6-5-11(10-16)14(9-12)17-7-1-3-13(17)4-2-8-18/h5-6,9,13,18H,1-4,7-8,10,16H2. The Morgan fingerprint density at radius 2 is 2.28 bits per heavy atom. The minimum atomic E-state index is 0.284. The van der Waals surface area contributed by atoms with Gasteiger partial charge in [0.15, 0.2) is 0 Å². The molecule has 1 aromatic rings. The second-order valence-electron chi connectivity index (χ2n) is 4.83. The number of aliphatic hydroxyl groups is 1. The predicted molar refractivity (Wildman–Crippen MR) is 78.7 cm³/mol. The fourth-order valence-corrected chi connectivity index (χ4v) is 3.11. The molecule has 1 saturated heterocycles. The van der Waals surface area contributed by atoms with Gasteiger partial charge < -0.3 is 15.7 Å². The van der Waals surface area contributed by atoms with Gasteiger partial charge in [0.05, 0.1) is 0 Å². The summed E-state index contributed by atoms with van der Waals surface area (Å²) >= 11 is 3.54. The van der Waals surface area contributed by atoms with E-state index in [4.69, 9.17) is 10.8 Å². The summed E-state index contributed by atoms with van der Waals surface area (Å²) < 4.78 is 1.10. The van der Waals surface area contributed by atoms with Gasteiger partial charge in [-0.2, -0.15) is 0 Å². The largest absolute Gasteiger partial charge is 0.396 e. The number of rotatable bonds is 5. The summed E-state index contributed by atoms with van der Waals surface area (Å²) in [5, 5.41) is 8.98. The Labute approximate surface area is 117 Å². The van der Waals surface area contributed by atoms with Gasteiger partial charge in [-0.25, -0.2) is 0 Å². The van der Waals surface area contributed by atoms with E-state index in [1.807, 2.05) is 6.07 Å². The highest BCUT2D eigenvalue weighted by Crippen LogP contribution is 2.32. The zero-order chi connectivity index (χ0) is 13.0. The van der Waals surface area contributed by atoms with Crippen molar-refractivity contribution in [1.82, 2.24) is 0 Å². The van der Waals surface area contributed by atoms with Crippen LogP contribution in [-0.2, 0) is 6.54 Å². The third kappa shape index (κ3) is 3.05. The number of aliphatic hydroxyl groups excluding tert-OH is 1. The number of hydrogen-bond acceptors (Lipinski definition) is 3. The van der Waals surface area contributed by atoms with Crippen molar-refractivity contribution in [2.45, 2.75) is 38.3 Å². The van der Waals surface area contributed by atoms with Gasteiger partial charge in [-0.15, -0.1) is 0 Å². The van der Waals surface area contributed by atoms with Gasteiger partial charge in [-0.3, -0.25) is 0 Å². The first-order valence-electron chi connectivity index (χ1n) is 6.62. The van der Waals surface area contributed by atoms with Gasteiger partial charge in [0, 0.05) is 35.9 Å². The van der Waals surface area contributed by atoms with Crippen LogP contribution in [0.3, 0.4) is 0 Å². The Balaban J connectivity index is 2.20. The second-order valence-corrected chi connectivity index (χ2v) is 5.75. The van der Waals surface area contributed by atoms with Crippen molar-refractivity contribution < 1.29 is 5.11 Å². The third-order valence-corrected chi connectivity index (χ3v) is 4.14. The lowest BCUT2D eigenvalue weighted by molar-refractivity contribution is 0.279. The Bertz CT molecular complexity index is 397. The van der Waals surface area contributed by atoms with E-state index in [1.54, 1.807) is 0 Å². The molecule has 0 aliphatic carbocycles. The van der Waals surface area contributed by atoms with Gasteiger partial charge in [-0.1, -0.05) is 22.0 Å². The average molecular weight is 313 g/mol. The summed E-state index contributed by atoms with van der Waals surface area (Å²) in [6, 6.07) is 6.86. The first-order chi connectivity index (χ1) is 8.76. The van der Waals surface area contributed by atoms with Gasteiger partial charge in [0.2, 0.25) is 0 Å². The normalized spacial score (nSPS) is 19.5. The maximum atomic E-state index is 8.98. The Morgan fingerprint density at radius 1 is 1.44 bits per heavy atom. The highest BCUT2D eigenvalue weighted by atomic mass is 79.9. The molecule has 1 heterocycles. The highest BCUT2D eigenvalue weighted by Gasteiger charge is 2.25. The van der Waals surface area contributed by atoms with Crippen molar-refractivity contribution in [2.75, 3.05) is 18.1 Å². The highest BCUT2D eigenvalue weighted by molar-refractivity contribution is 9.10. The summed E-state index contributed by atoms with van der Waals surface area (Å²) in [5.41, 5.74) is 8.29. The van der Waals surface area contributed by atoms with Crippen molar-refractivity contribution in [3.8, 4) is 0 Å². The fraction of sp³-hybridized carbons (Fsp3) is 0.571. The van der Waals surface area contributed by atoms with Crippen LogP contribution < -0.4 is 10.6 Å². The SMILES string of the molecule is NCc1ccc(Br)cc1N1CCCC1CCCO. The molecule has 1 aliphatic rings. The minimum absolute atomic E-state index is 0.284. The van der Waals surface area contributed by atoms with E-state index in [0.29, 0.717) is 12.6 Å². The first kappa shape index (κ1) is 13.8. The van der Waals surface area contributed by atoms with Gasteiger partial charge in [-0.05, 0) is 43.4 Å². The zero-order valence-electron chi connectivity index (χ0n) is 10.6. The molecular formula is C14H21BrN2O. The molecule has 100 valence electrons. The van der Waals surface area contributed by atoms with Crippen molar-refractivity contribution >= 4 is 21.6 Å². The molecule has 0 radical (unpaired) electrons. The molecule has 0 bridgehead atoms. The number of nitrogens with zero attached hydrogens (tertiary/aromatic N) is 1. The summed E-state index contributed by atoms with van der Waals surface area (Å²) in [7, 11) is 0. The van der Waals surface area contributed by atoms with Crippen LogP contribution in [0.1, 0.15) is 31.2 Å². The molecule has 1 unspecified atom stereocenters. The number of benzene rings is 1. The quantitative estimate of drug-likeness (QED) is 0.878. The molecule has 0 amide bonds. The lowest BCUT2D eigenvalue weighted by atomic mass is 10.1. The Kier molecular flexibility index (Phi) is 5.03. The van der Waals surface area contributed by atoms with E-state index in [9.17, 15) is 0 Å². The second kappa shape index (κ2) is 6.55. The Morgan fingerprint density at radius 3 is 3.00 bits per heavy atom. The topological polar surface area (TPSA) is 49.5 Å². The minimum Gasteiger partial charge on any atom is -0.396 e. The fourth-order valence-electron chi connectivity index (χ4n) is 2.76. The van der Waals surface area contributed by atoms with Crippen LogP contribution in [-0.4, -0.2) is 24.3 Å². The van der Waals surface area contributed by atoms with E-state index in [-0.39, 0.29) is 6.61 Å². The summed E-state index contributed by atoms with van der Waals surface area (Å²) in [5.74, 6) is 0. The summed E-state index contributed by atoms with van der Waals surface area (Å²) in [6.45, 7) is 1.96. The van der Waals surface area contributed by atoms with Crippen LogP contribution >= 0.6 is 15.9 Å². The maximum absolute atomic E-state index is 8.98. The molecule has 1 atom stereocenters. The van der Waals surface area contributed by atoms with Crippen molar-refractivity contribution in [1.29, 1.82) is 0 Å². The van der Waals surface area contributed by atoms with Crippen molar-refractivity contribution in [3.05, 3.63) is 28.2 Å². The third-order valence-electron chi connectivity index (χ3n) is 3.65. The molecule has 4 heteroatoms. The average Bonchev–Trinajstić information content (AvgIpc) is 2.84. The number of halogens is 1. The molecule has 3 N–H and O–H groups in total. The lowest BCUT2D eigenvalue weighted by Crippen LogP contribution is -2.30. The molecule has 1 fully saturated rings. The molecule has 1 aliphatic heterocycles. The molecule has 2 rings (SSSR count). The lowest BCUT2D eigenvalue weighted by Gasteiger charge is -2.29. The zero-order valence-corrected chi connectivity index (χ0v) is 12.2. The van der Waals surface area contributed by atoms with Gasteiger partial charge in [0.25, 0.3) is 0 Å². The molecule has 0 saturated carbocycles. The summed E-state index contributed by atoms with van der Waals surface area (Å²) in [6.07, 6.45) is 4.39. The number of hydrogen-bond donors (Lipinski definition) is 2. The van der Waals surface area contributed by atoms with E-state index in [0.717, 1.165) is 23.9 Å². The smallest absolute Gasteiger partial charge is 0.0431 e. The number of anilines is 1. The summed E-state index contributed by atoms with van der Waals surface area (Å²) in [4.78, 5) is 2.46. The van der Waals surface area contributed by atoms with E-state index >= 15 is 0 Å². The van der Waals surface area contributed by atoms with Crippen LogP contribution in [0.5, 0.6) is 0 Å². The molecule has 18 heavy (non-hydrogen) atoms. The van der Waals surface area contributed by atoms with Crippen LogP contribution in [0.4, 0.5) is 5.69 Å². The Hall–Kier alpha value is -0.580. The van der Waals surface area contributed by atoms with E-state index < -0.39 is 0 Å². The molecule has 0 aromatic heterocycles. The number of nitrogens with two attached hydrogens (primary N) is 1. The van der Waals surface area contributed by atoms with Gasteiger partial charge >= 0.3 is 0 Å². The monoisotopic (exact) mass is 312 g/mol. The van der Waals surface area contributed by atoms with Crippen LogP contribution in [0.25, 0.3) is 0 Å². The van der Waals surface area contributed by atoms with Crippen molar-refractivity contribution in [3.63, 3.8) is 0 Å². The van der Waals surface area contributed by atoms with Crippen molar-refractivity contribution in [2.24, 2.45) is 5.73 Å². The van der Waals surface area contributed by atoms with Crippen LogP contribution in [0, 0.1) is 0 Å². The van der Waals surface area contributed by atoms with E-state index in [1.165, 1.54) is 24.1 Å². The van der Waals surface area contributed by atoms with Crippen LogP contribution in [0.15, 0.2) is 22.7 Å².